The molecule has 0 aliphatic heterocycles. The van der Waals surface area contributed by atoms with E-state index in [0.29, 0.717) is 5.69 Å². The van der Waals surface area contributed by atoms with Gasteiger partial charge < -0.3 is 15.8 Å². The predicted octanol–water partition coefficient (Wildman–Crippen LogP) is 0.854. The normalized spacial score (nSPS) is 9.80. The molecule has 0 radical (unpaired) electrons. The summed E-state index contributed by atoms with van der Waals surface area (Å²) in [6.07, 6.45) is 2.67. The highest BCUT2D eigenvalue weighted by Gasteiger charge is 2.15. The number of aromatic nitrogens is 2. The molecular weight excluding hydrogens is 260 g/mol. The molecule has 0 aliphatic carbocycles. The quantitative estimate of drug-likeness (QED) is 0.799. The second kappa shape index (κ2) is 6.28. The van der Waals surface area contributed by atoms with Gasteiger partial charge in [0.2, 0.25) is 0 Å². The van der Waals surface area contributed by atoms with Gasteiger partial charge in [0.05, 0.1) is 0 Å². The van der Waals surface area contributed by atoms with Crippen molar-refractivity contribution < 1.29 is 14.3 Å². The largest absolute Gasteiger partial charge is 0.451 e. The molecule has 1 aromatic carbocycles. The summed E-state index contributed by atoms with van der Waals surface area (Å²) in [7, 11) is 0. The minimum Gasteiger partial charge on any atom is -0.451 e. The fourth-order valence-corrected chi connectivity index (χ4v) is 1.42. The number of nitrogen functional groups attached to an aromatic ring is 1. The van der Waals surface area contributed by atoms with Crippen LogP contribution in [0.5, 0.6) is 0 Å². The number of anilines is 2. The van der Waals surface area contributed by atoms with Gasteiger partial charge in [-0.05, 0) is 12.1 Å². The molecule has 0 unspecified atom stereocenters. The van der Waals surface area contributed by atoms with Crippen LogP contribution in [0.15, 0.2) is 42.7 Å². The van der Waals surface area contributed by atoms with Crippen molar-refractivity contribution in [3.63, 3.8) is 0 Å². The summed E-state index contributed by atoms with van der Waals surface area (Å²) >= 11 is 0. The number of benzene rings is 1. The van der Waals surface area contributed by atoms with Crippen molar-refractivity contribution in [2.45, 2.75) is 0 Å². The maximum atomic E-state index is 11.6. The third kappa shape index (κ3) is 3.52. The number of hydrogen-bond acceptors (Lipinski definition) is 6. The first-order chi connectivity index (χ1) is 9.66. The topological polar surface area (TPSA) is 107 Å². The maximum Gasteiger partial charge on any atom is 0.361 e. The molecule has 0 bridgehead atoms. The van der Waals surface area contributed by atoms with Crippen LogP contribution >= 0.6 is 0 Å². The Balaban J connectivity index is 1.88. The first kappa shape index (κ1) is 13.5. The average molecular weight is 272 g/mol. The summed E-state index contributed by atoms with van der Waals surface area (Å²) in [5.74, 6) is -1.29. The van der Waals surface area contributed by atoms with Crippen LogP contribution < -0.4 is 11.1 Å². The number of carbonyl (C=O) groups is 2. The molecule has 3 N–H and O–H groups in total. The van der Waals surface area contributed by atoms with Crippen LogP contribution in [0.4, 0.5) is 11.5 Å². The van der Waals surface area contributed by atoms with Crippen LogP contribution in [0.2, 0.25) is 0 Å². The number of para-hydroxylation sites is 1. The van der Waals surface area contributed by atoms with Crippen molar-refractivity contribution in [3.05, 3.63) is 48.4 Å². The Morgan fingerprint density at radius 2 is 1.85 bits per heavy atom. The smallest absolute Gasteiger partial charge is 0.361 e. The summed E-state index contributed by atoms with van der Waals surface area (Å²) in [6.45, 7) is -0.427. The maximum absolute atomic E-state index is 11.6. The summed E-state index contributed by atoms with van der Waals surface area (Å²) in [5, 5.41) is 2.58. The molecule has 2 rings (SSSR count). The molecule has 1 amide bonds. The average Bonchev–Trinajstić information content (AvgIpc) is 2.46. The van der Waals surface area contributed by atoms with Gasteiger partial charge in [0, 0.05) is 18.1 Å². The van der Waals surface area contributed by atoms with E-state index in [-0.39, 0.29) is 11.5 Å². The van der Waals surface area contributed by atoms with E-state index < -0.39 is 18.5 Å². The lowest BCUT2D eigenvalue weighted by Crippen LogP contribution is -2.22. The van der Waals surface area contributed by atoms with E-state index in [4.69, 9.17) is 10.5 Å². The van der Waals surface area contributed by atoms with E-state index in [2.05, 4.69) is 15.3 Å². The molecule has 0 fully saturated rings. The summed E-state index contributed by atoms with van der Waals surface area (Å²) in [4.78, 5) is 30.7. The van der Waals surface area contributed by atoms with E-state index >= 15 is 0 Å². The highest BCUT2D eigenvalue weighted by Crippen LogP contribution is 2.06. The van der Waals surface area contributed by atoms with Gasteiger partial charge in [-0.2, -0.15) is 0 Å². The SMILES string of the molecule is Nc1nccnc1C(=O)OCC(=O)Nc1ccccc1. The van der Waals surface area contributed by atoms with Crippen molar-refractivity contribution >= 4 is 23.4 Å². The van der Waals surface area contributed by atoms with Gasteiger partial charge in [-0.25, -0.2) is 14.8 Å². The molecule has 0 atom stereocenters. The number of nitrogens with one attached hydrogen (secondary N) is 1. The second-order valence-electron chi connectivity index (χ2n) is 3.78. The van der Waals surface area contributed by atoms with Gasteiger partial charge >= 0.3 is 5.97 Å². The van der Waals surface area contributed by atoms with Gasteiger partial charge in [-0.1, -0.05) is 18.2 Å². The molecule has 0 saturated heterocycles. The molecule has 0 aliphatic rings. The minimum absolute atomic E-state index is 0.0408. The Kier molecular flexibility index (Phi) is 4.23. The Morgan fingerprint density at radius 1 is 1.15 bits per heavy atom. The first-order valence-corrected chi connectivity index (χ1v) is 5.75. The Morgan fingerprint density at radius 3 is 2.55 bits per heavy atom. The highest BCUT2D eigenvalue weighted by atomic mass is 16.5. The predicted molar refractivity (Wildman–Crippen MR) is 71.8 cm³/mol. The molecule has 7 heteroatoms. The zero-order chi connectivity index (χ0) is 14.4. The fourth-order valence-electron chi connectivity index (χ4n) is 1.42. The van der Waals surface area contributed by atoms with Crippen molar-refractivity contribution in [2.75, 3.05) is 17.7 Å². The lowest BCUT2D eigenvalue weighted by molar-refractivity contribution is -0.119. The van der Waals surface area contributed by atoms with Crippen LogP contribution in [-0.2, 0) is 9.53 Å². The molecule has 0 saturated carbocycles. The Labute approximate surface area is 114 Å². The van der Waals surface area contributed by atoms with E-state index in [1.165, 1.54) is 12.4 Å². The first-order valence-electron chi connectivity index (χ1n) is 5.75. The van der Waals surface area contributed by atoms with Gasteiger partial charge in [0.25, 0.3) is 5.91 Å². The molecule has 1 aromatic heterocycles. The molecule has 1 heterocycles. The monoisotopic (exact) mass is 272 g/mol. The van der Waals surface area contributed by atoms with Gasteiger partial charge in [-0.3, -0.25) is 4.79 Å². The number of amides is 1. The summed E-state index contributed by atoms with van der Waals surface area (Å²) in [5.41, 5.74) is 5.98. The molecule has 0 spiro atoms. The number of rotatable bonds is 4. The van der Waals surface area contributed by atoms with Crippen molar-refractivity contribution in [2.24, 2.45) is 0 Å². The fraction of sp³-hybridized carbons (Fsp3) is 0.0769. The number of ether oxygens (including phenoxy) is 1. The summed E-state index contributed by atoms with van der Waals surface area (Å²) in [6, 6.07) is 8.83. The van der Waals surface area contributed by atoms with E-state index in [1.807, 2.05) is 6.07 Å². The van der Waals surface area contributed by atoms with Crippen LogP contribution in [0.3, 0.4) is 0 Å². The number of nitrogens with two attached hydrogens (primary N) is 1. The second-order valence-corrected chi connectivity index (χ2v) is 3.78. The Hall–Kier alpha value is -2.96. The molecule has 102 valence electrons. The van der Waals surface area contributed by atoms with E-state index in [0.717, 1.165) is 0 Å². The van der Waals surface area contributed by atoms with Crippen LogP contribution in [0.25, 0.3) is 0 Å². The third-order valence-corrected chi connectivity index (χ3v) is 2.31. The van der Waals surface area contributed by atoms with Crippen molar-refractivity contribution in [1.29, 1.82) is 0 Å². The van der Waals surface area contributed by atoms with Crippen molar-refractivity contribution in [3.8, 4) is 0 Å². The number of nitrogens with zero attached hydrogens (tertiary/aromatic N) is 2. The lowest BCUT2D eigenvalue weighted by Gasteiger charge is -2.06. The zero-order valence-corrected chi connectivity index (χ0v) is 10.4. The standard InChI is InChI=1S/C13H12N4O3/c14-12-11(15-6-7-16-12)13(19)20-8-10(18)17-9-4-2-1-3-5-9/h1-7H,8H2,(H2,14,16)(H,17,18). The third-order valence-electron chi connectivity index (χ3n) is 2.31. The van der Waals surface area contributed by atoms with Crippen LogP contribution in [0.1, 0.15) is 10.5 Å². The highest BCUT2D eigenvalue weighted by molar-refractivity contribution is 5.96. The number of hydrogen-bond donors (Lipinski definition) is 2. The van der Waals surface area contributed by atoms with E-state index in [9.17, 15) is 9.59 Å². The lowest BCUT2D eigenvalue weighted by atomic mass is 10.3. The van der Waals surface area contributed by atoms with Gasteiger partial charge in [-0.15, -0.1) is 0 Å². The number of esters is 1. The van der Waals surface area contributed by atoms with Crippen molar-refractivity contribution in [1.82, 2.24) is 9.97 Å². The minimum atomic E-state index is -0.793. The zero-order valence-electron chi connectivity index (χ0n) is 10.4. The van der Waals surface area contributed by atoms with Crippen LogP contribution in [-0.4, -0.2) is 28.5 Å². The van der Waals surface area contributed by atoms with Crippen LogP contribution in [0, 0.1) is 0 Å². The molecule has 2 aromatic rings. The molecular formula is C13H12N4O3. The van der Waals surface area contributed by atoms with E-state index in [1.54, 1.807) is 24.3 Å². The summed E-state index contributed by atoms with van der Waals surface area (Å²) < 4.78 is 4.81. The van der Waals surface area contributed by atoms with Gasteiger partial charge in [0.1, 0.15) is 0 Å². The Bertz CT molecular complexity index is 616. The molecule has 7 nitrogen and oxygen atoms in total. The number of carbonyl (C=O) groups excluding carboxylic acids is 2. The molecule has 20 heavy (non-hydrogen) atoms. The van der Waals surface area contributed by atoms with Gasteiger partial charge in [0.15, 0.2) is 18.1 Å².